The van der Waals surface area contributed by atoms with Gasteiger partial charge in [0.15, 0.2) is 17.3 Å². The Morgan fingerprint density at radius 3 is 2.91 bits per heavy atom. The van der Waals surface area contributed by atoms with E-state index in [1.807, 2.05) is 0 Å². The van der Waals surface area contributed by atoms with Gasteiger partial charge < -0.3 is 19.3 Å². The number of fused-ring (bicyclic) bond motifs is 1. The second-order valence-electron chi connectivity index (χ2n) is 5.00. The fraction of sp³-hybridized carbons (Fsp3) is 0.333. The minimum Gasteiger partial charge on any atom is -0.489 e. The number of amides is 1. The molecule has 7 heteroatoms. The summed E-state index contributed by atoms with van der Waals surface area (Å²) in [7, 11) is 0. The van der Waals surface area contributed by atoms with Crippen LogP contribution in [0, 0.1) is 6.92 Å². The van der Waals surface area contributed by atoms with Crippen molar-refractivity contribution in [3.8, 4) is 11.5 Å². The number of halogens is 1. The highest BCUT2D eigenvalue weighted by Crippen LogP contribution is 2.38. The van der Waals surface area contributed by atoms with E-state index in [2.05, 4.69) is 10.5 Å². The van der Waals surface area contributed by atoms with Gasteiger partial charge in [-0.15, -0.1) is 0 Å². The van der Waals surface area contributed by atoms with Gasteiger partial charge in [0, 0.05) is 12.5 Å². The molecule has 6 nitrogen and oxygen atoms in total. The lowest BCUT2D eigenvalue weighted by atomic mass is 10.1. The van der Waals surface area contributed by atoms with Crippen molar-refractivity contribution in [1.29, 1.82) is 0 Å². The van der Waals surface area contributed by atoms with E-state index in [9.17, 15) is 4.79 Å². The van der Waals surface area contributed by atoms with Crippen LogP contribution in [0.1, 0.15) is 17.7 Å². The molecule has 0 bridgehead atoms. The molecular formula is C15H15ClN2O4. The lowest BCUT2D eigenvalue weighted by Crippen LogP contribution is -2.14. The molecule has 0 saturated heterocycles. The molecule has 0 spiro atoms. The molecule has 1 aliphatic rings. The van der Waals surface area contributed by atoms with Crippen molar-refractivity contribution in [2.45, 2.75) is 19.8 Å². The van der Waals surface area contributed by atoms with Gasteiger partial charge in [-0.1, -0.05) is 16.8 Å². The number of carbonyl (C=O) groups is 1. The van der Waals surface area contributed by atoms with E-state index in [0.717, 1.165) is 12.0 Å². The summed E-state index contributed by atoms with van der Waals surface area (Å²) in [4.78, 5) is 12.0. The predicted molar refractivity (Wildman–Crippen MR) is 80.6 cm³/mol. The monoisotopic (exact) mass is 322 g/mol. The van der Waals surface area contributed by atoms with Crippen LogP contribution in [0.25, 0.3) is 0 Å². The van der Waals surface area contributed by atoms with Gasteiger partial charge in [-0.25, -0.2) is 0 Å². The Morgan fingerprint density at radius 2 is 2.14 bits per heavy atom. The largest absolute Gasteiger partial charge is 0.489 e. The molecule has 0 unspecified atom stereocenters. The highest BCUT2D eigenvalue weighted by Gasteiger charge is 2.17. The number of hydrogen-bond acceptors (Lipinski definition) is 5. The minimum atomic E-state index is -0.209. The molecule has 0 radical (unpaired) electrons. The first-order valence-corrected chi connectivity index (χ1v) is 7.31. The average Bonchev–Trinajstić information content (AvgIpc) is 2.72. The van der Waals surface area contributed by atoms with Crippen molar-refractivity contribution in [2.75, 3.05) is 18.5 Å². The van der Waals surface area contributed by atoms with Gasteiger partial charge in [0.25, 0.3) is 0 Å². The van der Waals surface area contributed by atoms with Crippen LogP contribution in [0.3, 0.4) is 0 Å². The fourth-order valence-corrected chi connectivity index (χ4v) is 2.47. The van der Waals surface area contributed by atoms with Gasteiger partial charge in [0.05, 0.1) is 24.7 Å². The molecule has 2 heterocycles. The Labute approximate surface area is 132 Å². The lowest BCUT2D eigenvalue weighted by Gasteiger charge is -2.11. The van der Waals surface area contributed by atoms with Gasteiger partial charge in [-0.3, -0.25) is 4.79 Å². The maximum Gasteiger partial charge on any atom is 0.230 e. The fourth-order valence-electron chi connectivity index (χ4n) is 2.18. The zero-order valence-electron chi connectivity index (χ0n) is 12.0. The Morgan fingerprint density at radius 1 is 1.32 bits per heavy atom. The summed E-state index contributed by atoms with van der Waals surface area (Å²) >= 11 is 6.20. The van der Waals surface area contributed by atoms with Crippen molar-refractivity contribution >= 4 is 23.3 Å². The van der Waals surface area contributed by atoms with Crippen LogP contribution in [-0.2, 0) is 11.2 Å². The molecule has 22 heavy (non-hydrogen) atoms. The summed E-state index contributed by atoms with van der Waals surface area (Å²) < 4.78 is 16.1. The maximum absolute atomic E-state index is 12.0. The number of aryl methyl sites for hydroxylation is 1. The predicted octanol–water partition coefficient (Wildman–Crippen LogP) is 2.98. The summed E-state index contributed by atoms with van der Waals surface area (Å²) in [5.41, 5.74) is 0.743. The number of carbonyl (C=O) groups excluding carboxylic acids is 1. The van der Waals surface area contributed by atoms with E-state index in [4.69, 9.17) is 25.6 Å². The van der Waals surface area contributed by atoms with Crippen LogP contribution in [0.4, 0.5) is 5.82 Å². The summed E-state index contributed by atoms with van der Waals surface area (Å²) in [5, 5.41) is 6.83. The Balaban J connectivity index is 1.73. The number of benzene rings is 1. The number of hydrogen-bond donors (Lipinski definition) is 1. The Kier molecular flexibility index (Phi) is 4.20. The van der Waals surface area contributed by atoms with E-state index in [1.54, 1.807) is 25.1 Å². The first-order valence-electron chi connectivity index (χ1n) is 6.93. The standard InChI is InChI=1S/C15H15ClN2O4/c1-9-5-13(18-22-9)17-14(19)8-10-6-11(16)15-12(7-10)20-3-2-4-21-15/h5-7H,2-4,8H2,1H3,(H,17,18,19). The Hall–Kier alpha value is -2.21. The lowest BCUT2D eigenvalue weighted by molar-refractivity contribution is -0.115. The van der Waals surface area contributed by atoms with Gasteiger partial charge in [-0.05, 0) is 24.6 Å². The number of anilines is 1. The molecule has 1 aromatic carbocycles. The molecule has 116 valence electrons. The number of rotatable bonds is 3. The van der Waals surface area contributed by atoms with E-state index in [-0.39, 0.29) is 12.3 Å². The van der Waals surface area contributed by atoms with Crippen LogP contribution in [0.15, 0.2) is 22.7 Å². The highest BCUT2D eigenvalue weighted by molar-refractivity contribution is 6.32. The number of aromatic nitrogens is 1. The first kappa shape index (κ1) is 14.7. The number of nitrogens with zero attached hydrogens (tertiary/aromatic N) is 1. The van der Waals surface area contributed by atoms with Gasteiger partial charge >= 0.3 is 0 Å². The third kappa shape index (κ3) is 3.33. The van der Waals surface area contributed by atoms with E-state index in [0.29, 0.717) is 41.3 Å². The quantitative estimate of drug-likeness (QED) is 0.940. The summed E-state index contributed by atoms with van der Waals surface area (Å²) in [6.07, 6.45) is 0.953. The molecule has 0 aliphatic carbocycles. The molecule has 1 aliphatic heterocycles. The van der Waals surface area contributed by atoms with Crippen LogP contribution < -0.4 is 14.8 Å². The maximum atomic E-state index is 12.0. The average molecular weight is 323 g/mol. The van der Waals surface area contributed by atoms with Gasteiger partial charge in [0.1, 0.15) is 5.76 Å². The molecule has 1 N–H and O–H groups in total. The second-order valence-corrected chi connectivity index (χ2v) is 5.41. The number of nitrogens with one attached hydrogen (secondary N) is 1. The SMILES string of the molecule is Cc1cc(NC(=O)Cc2cc(Cl)c3c(c2)OCCCO3)no1. The Bertz CT molecular complexity index is 699. The van der Waals surface area contributed by atoms with Crippen LogP contribution in [0.5, 0.6) is 11.5 Å². The van der Waals surface area contributed by atoms with E-state index < -0.39 is 0 Å². The highest BCUT2D eigenvalue weighted by atomic mass is 35.5. The van der Waals surface area contributed by atoms with Gasteiger partial charge in [-0.2, -0.15) is 0 Å². The van der Waals surface area contributed by atoms with Gasteiger partial charge in [0.2, 0.25) is 5.91 Å². The third-order valence-corrected chi connectivity index (χ3v) is 3.40. The molecular weight excluding hydrogens is 308 g/mol. The molecule has 1 amide bonds. The molecule has 1 aromatic heterocycles. The molecule has 3 rings (SSSR count). The van der Waals surface area contributed by atoms with Crippen molar-refractivity contribution in [3.05, 3.63) is 34.5 Å². The van der Waals surface area contributed by atoms with Crippen molar-refractivity contribution in [1.82, 2.24) is 5.16 Å². The topological polar surface area (TPSA) is 73.6 Å². The number of ether oxygens (including phenoxy) is 2. The zero-order valence-corrected chi connectivity index (χ0v) is 12.8. The molecule has 0 saturated carbocycles. The van der Waals surface area contributed by atoms with E-state index >= 15 is 0 Å². The normalized spacial score (nSPS) is 13.5. The molecule has 0 fully saturated rings. The zero-order chi connectivity index (χ0) is 15.5. The smallest absolute Gasteiger partial charge is 0.230 e. The summed E-state index contributed by atoms with van der Waals surface area (Å²) in [6.45, 7) is 2.89. The third-order valence-electron chi connectivity index (χ3n) is 3.12. The van der Waals surface area contributed by atoms with Crippen molar-refractivity contribution < 1.29 is 18.8 Å². The van der Waals surface area contributed by atoms with Crippen molar-refractivity contribution in [3.63, 3.8) is 0 Å². The van der Waals surface area contributed by atoms with Crippen molar-refractivity contribution in [2.24, 2.45) is 0 Å². The minimum absolute atomic E-state index is 0.155. The molecule has 0 atom stereocenters. The van der Waals surface area contributed by atoms with E-state index in [1.165, 1.54) is 0 Å². The second kappa shape index (κ2) is 6.27. The van der Waals surface area contributed by atoms with Crippen LogP contribution in [-0.4, -0.2) is 24.3 Å². The summed E-state index contributed by atoms with van der Waals surface area (Å²) in [6, 6.07) is 5.14. The first-order chi connectivity index (χ1) is 10.6. The van der Waals surface area contributed by atoms with Crippen LogP contribution in [0.2, 0.25) is 5.02 Å². The summed E-state index contributed by atoms with van der Waals surface area (Å²) in [5.74, 6) is 1.93. The molecule has 2 aromatic rings. The van der Waals surface area contributed by atoms with Crippen LogP contribution >= 0.6 is 11.6 Å².